The van der Waals surface area contributed by atoms with Crippen molar-refractivity contribution in [2.75, 3.05) is 5.32 Å². The van der Waals surface area contributed by atoms with Crippen LogP contribution in [0.25, 0.3) is 11.8 Å². The van der Waals surface area contributed by atoms with Gasteiger partial charge in [-0.15, -0.1) is 0 Å². The molecule has 1 heterocycles. The molecule has 0 aliphatic rings. The number of aryl methyl sites for hydroxylation is 2. The van der Waals surface area contributed by atoms with Gasteiger partial charge in [-0.3, -0.25) is 4.79 Å². The van der Waals surface area contributed by atoms with Crippen LogP contribution in [0, 0.1) is 32.1 Å². The van der Waals surface area contributed by atoms with E-state index in [0.717, 1.165) is 28.2 Å². The summed E-state index contributed by atoms with van der Waals surface area (Å²) in [5.74, 6) is 0.0714. The lowest BCUT2D eigenvalue weighted by atomic mass is 10.0. The normalized spacial score (nSPS) is 11.4. The minimum Gasteiger partial charge on any atom is -0.321 e. The van der Waals surface area contributed by atoms with Crippen LogP contribution >= 0.6 is 0 Å². The number of nitrogens with one attached hydrogen (secondary N) is 1. The molecule has 3 rings (SSSR count). The van der Waals surface area contributed by atoms with E-state index in [1.807, 2.05) is 57.2 Å². The van der Waals surface area contributed by atoms with Gasteiger partial charge in [0.25, 0.3) is 5.91 Å². The van der Waals surface area contributed by atoms with Crippen molar-refractivity contribution >= 4 is 17.7 Å². The molecule has 30 heavy (non-hydrogen) atoms. The molecule has 0 saturated heterocycles. The molecule has 0 saturated carbocycles. The number of aromatic nitrogens is 1. The first-order chi connectivity index (χ1) is 14.3. The fourth-order valence-corrected chi connectivity index (χ4v) is 3.48. The first-order valence-corrected chi connectivity index (χ1v) is 10.1. The molecule has 0 fully saturated rings. The molecule has 0 aliphatic heterocycles. The second kappa shape index (κ2) is 8.84. The Hall–Kier alpha value is -3.58. The molecule has 0 aliphatic carbocycles. The van der Waals surface area contributed by atoms with Crippen molar-refractivity contribution in [1.82, 2.24) is 4.57 Å². The number of carbonyl (C=O) groups excluding carboxylic acids is 1. The summed E-state index contributed by atoms with van der Waals surface area (Å²) < 4.78 is 2.14. The Bertz CT molecular complexity index is 1120. The van der Waals surface area contributed by atoms with Crippen LogP contribution in [0.4, 0.5) is 5.69 Å². The molecule has 0 atom stereocenters. The van der Waals surface area contributed by atoms with E-state index in [1.54, 1.807) is 6.08 Å². The highest BCUT2D eigenvalue weighted by atomic mass is 16.1. The highest BCUT2D eigenvalue weighted by Crippen LogP contribution is 2.25. The fraction of sp³-hybridized carbons (Fsp3) is 0.231. The summed E-state index contributed by atoms with van der Waals surface area (Å²) in [7, 11) is 0. The van der Waals surface area contributed by atoms with Crippen molar-refractivity contribution in [3.63, 3.8) is 0 Å². The van der Waals surface area contributed by atoms with Crippen molar-refractivity contribution in [2.24, 2.45) is 0 Å². The summed E-state index contributed by atoms with van der Waals surface area (Å²) in [6, 6.07) is 20.0. The number of hydrogen-bond donors (Lipinski definition) is 1. The minimum absolute atomic E-state index is 0.0750. The van der Waals surface area contributed by atoms with E-state index in [1.165, 1.54) is 5.56 Å². The first-order valence-electron chi connectivity index (χ1n) is 10.1. The van der Waals surface area contributed by atoms with Crippen molar-refractivity contribution in [3.8, 4) is 11.8 Å². The average Bonchev–Trinajstić information content (AvgIpc) is 3.00. The largest absolute Gasteiger partial charge is 0.321 e. The Balaban J connectivity index is 1.90. The van der Waals surface area contributed by atoms with Gasteiger partial charge in [0.2, 0.25) is 0 Å². The molecule has 1 aromatic heterocycles. The molecule has 4 heteroatoms. The standard InChI is InChI=1S/C26H27N3O/c1-17(2)21-8-12-25(13-9-21)29-19(4)14-22(20(29)5)15-23(16-27)26(30)28-24-10-6-18(3)7-11-24/h6-15,17H,1-5H3,(H,28,30)/b23-15-. The lowest BCUT2D eigenvalue weighted by Gasteiger charge is -2.12. The van der Waals surface area contributed by atoms with Crippen LogP contribution in [-0.4, -0.2) is 10.5 Å². The van der Waals surface area contributed by atoms with E-state index in [0.29, 0.717) is 11.6 Å². The Kier molecular flexibility index (Phi) is 6.23. The molecule has 0 spiro atoms. The van der Waals surface area contributed by atoms with E-state index in [-0.39, 0.29) is 5.57 Å². The summed E-state index contributed by atoms with van der Waals surface area (Å²) in [5.41, 5.74) is 7.10. The molecule has 2 aromatic carbocycles. The maximum Gasteiger partial charge on any atom is 0.266 e. The van der Waals surface area contributed by atoms with Gasteiger partial charge in [-0.1, -0.05) is 43.7 Å². The molecule has 4 nitrogen and oxygen atoms in total. The fourth-order valence-electron chi connectivity index (χ4n) is 3.48. The number of anilines is 1. The van der Waals surface area contributed by atoms with Gasteiger partial charge in [0.15, 0.2) is 0 Å². The minimum atomic E-state index is -0.410. The first kappa shape index (κ1) is 21.1. The number of nitriles is 1. The molecule has 0 unspecified atom stereocenters. The molecular formula is C26H27N3O. The topological polar surface area (TPSA) is 57.8 Å². The molecule has 1 N–H and O–H groups in total. The summed E-state index contributed by atoms with van der Waals surface area (Å²) in [6.07, 6.45) is 1.66. The van der Waals surface area contributed by atoms with Crippen molar-refractivity contribution < 1.29 is 4.79 Å². The van der Waals surface area contributed by atoms with Crippen LogP contribution in [0.5, 0.6) is 0 Å². The number of amides is 1. The van der Waals surface area contributed by atoms with Crippen molar-refractivity contribution in [3.05, 3.63) is 88.2 Å². The van der Waals surface area contributed by atoms with Gasteiger partial charge in [-0.2, -0.15) is 5.26 Å². The molecule has 1 amide bonds. The van der Waals surface area contributed by atoms with E-state index < -0.39 is 5.91 Å². The zero-order chi connectivity index (χ0) is 21.8. The van der Waals surface area contributed by atoms with Crippen LogP contribution in [0.2, 0.25) is 0 Å². The van der Waals surface area contributed by atoms with E-state index in [2.05, 4.69) is 48.0 Å². The number of benzene rings is 2. The van der Waals surface area contributed by atoms with Crippen LogP contribution in [-0.2, 0) is 4.79 Å². The summed E-state index contributed by atoms with van der Waals surface area (Å²) >= 11 is 0. The molecule has 3 aromatic rings. The van der Waals surface area contributed by atoms with E-state index in [9.17, 15) is 10.1 Å². The lowest BCUT2D eigenvalue weighted by Crippen LogP contribution is -2.13. The number of nitrogens with zero attached hydrogens (tertiary/aromatic N) is 2. The number of rotatable bonds is 5. The number of hydrogen-bond acceptors (Lipinski definition) is 2. The van der Waals surface area contributed by atoms with E-state index in [4.69, 9.17) is 0 Å². The third-order valence-corrected chi connectivity index (χ3v) is 5.26. The summed E-state index contributed by atoms with van der Waals surface area (Å²) in [6.45, 7) is 10.4. The van der Waals surface area contributed by atoms with Gasteiger partial charge in [0.1, 0.15) is 11.6 Å². The van der Waals surface area contributed by atoms with Crippen molar-refractivity contribution in [2.45, 2.75) is 40.5 Å². The monoisotopic (exact) mass is 397 g/mol. The Morgan fingerprint density at radius 1 is 1.03 bits per heavy atom. The third kappa shape index (κ3) is 4.52. The molecule has 0 bridgehead atoms. The van der Waals surface area contributed by atoms with Crippen LogP contribution in [0.3, 0.4) is 0 Å². The Labute approximate surface area is 178 Å². The second-order valence-corrected chi connectivity index (χ2v) is 7.90. The maximum absolute atomic E-state index is 12.6. The van der Waals surface area contributed by atoms with Gasteiger partial charge in [-0.05, 0) is 74.2 Å². The van der Waals surface area contributed by atoms with Gasteiger partial charge in [0, 0.05) is 22.8 Å². The van der Waals surface area contributed by atoms with Crippen LogP contribution in [0.15, 0.2) is 60.2 Å². The molecular weight excluding hydrogens is 370 g/mol. The highest BCUT2D eigenvalue weighted by molar-refractivity contribution is 6.09. The molecule has 152 valence electrons. The Morgan fingerprint density at radius 3 is 2.23 bits per heavy atom. The summed E-state index contributed by atoms with van der Waals surface area (Å²) in [5, 5.41) is 12.4. The zero-order valence-electron chi connectivity index (χ0n) is 18.2. The quantitative estimate of drug-likeness (QED) is 0.419. The average molecular weight is 398 g/mol. The molecule has 0 radical (unpaired) electrons. The smallest absolute Gasteiger partial charge is 0.266 e. The summed E-state index contributed by atoms with van der Waals surface area (Å²) in [4.78, 5) is 12.6. The SMILES string of the molecule is Cc1ccc(NC(=O)/C(C#N)=C\c2cc(C)n(-c3ccc(C(C)C)cc3)c2C)cc1. The van der Waals surface area contributed by atoms with E-state index >= 15 is 0 Å². The van der Waals surface area contributed by atoms with Gasteiger partial charge < -0.3 is 9.88 Å². The van der Waals surface area contributed by atoms with Gasteiger partial charge >= 0.3 is 0 Å². The number of carbonyl (C=O) groups is 1. The predicted octanol–water partition coefficient (Wildman–Crippen LogP) is 6.07. The zero-order valence-corrected chi connectivity index (χ0v) is 18.2. The predicted molar refractivity (Wildman–Crippen MR) is 123 cm³/mol. The van der Waals surface area contributed by atoms with Crippen LogP contribution in [0.1, 0.15) is 47.8 Å². The lowest BCUT2D eigenvalue weighted by molar-refractivity contribution is -0.112. The van der Waals surface area contributed by atoms with Gasteiger partial charge in [0.05, 0.1) is 0 Å². The maximum atomic E-state index is 12.6. The Morgan fingerprint density at radius 2 is 1.67 bits per heavy atom. The third-order valence-electron chi connectivity index (χ3n) is 5.26. The van der Waals surface area contributed by atoms with Gasteiger partial charge in [-0.25, -0.2) is 0 Å². The van der Waals surface area contributed by atoms with Crippen LogP contribution < -0.4 is 5.32 Å². The highest BCUT2D eigenvalue weighted by Gasteiger charge is 2.14. The van der Waals surface area contributed by atoms with Crippen molar-refractivity contribution in [1.29, 1.82) is 5.26 Å². The second-order valence-electron chi connectivity index (χ2n) is 7.90.